The molecule has 3 aromatic rings. The average Bonchev–Trinajstić information content (AvgIpc) is 2.92. The Morgan fingerprint density at radius 1 is 0.964 bits per heavy atom. The molecule has 0 bridgehead atoms. The lowest BCUT2D eigenvalue weighted by Crippen LogP contribution is -2.39. The average molecular weight is 394 g/mol. The second-order valence-corrected chi connectivity index (χ2v) is 8.89. The zero-order chi connectivity index (χ0) is 19.9. The van der Waals surface area contributed by atoms with E-state index in [9.17, 15) is 13.2 Å². The third-order valence-corrected chi connectivity index (χ3v) is 7.04. The molecule has 1 aliphatic heterocycles. The summed E-state index contributed by atoms with van der Waals surface area (Å²) in [6.45, 7) is 2.33. The van der Waals surface area contributed by atoms with Crippen LogP contribution >= 0.6 is 0 Å². The zero-order valence-electron chi connectivity index (χ0n) is 15.9. The van der Waals surface area contributed by atoms with Crippen LogP contribution in [0.25, 0.3) is 10.8 Å². The zero-order valence-corrected chi connectivity index (χ0v) is 16.7. The number of hydrogen-bond donors (Lipinski definition) is 0. The first-order valence-corrected chi connectivity index (χ1v) is 10.7. The van der Waals surface area contributed by atoms with E-state index in [4.69, 9.17) is 0 Å². The summed E-state index contributed by atoms with van der Waals surface area (Å²) < 4.78 is 27.2. The van der Waals surface area contributed by atoms with E-state index in [1.54, 1.807) is 30.1 Å². The second-order valence-electron chi connectivity index (χ2n) is 7.06. The molecule has 144 valence electrons. The number of rotatable bonds is 5. The lowest BCUT2D eigenvalue weighted by molar-refractivity contribution is -0.128. The van der Waals surface area contributed by atoms with Crippen molar-refractivity contribution in [2.24, 2.45) is 0 Å². The van der Waals surface area contributed by atoms with E-state index < -0.39 is 10.0 Å². The summed E-state index contributed by atoms with van der Waals surface area (Å²) in [5.41, 5.74) is 2.83. The molecule has 6 heteroatoms. The predicted molar refractivity (Wildman–Crippen MR) is 111 cm³/mol. The standard InChI is InChI=1S/C22H22N2O3S/c1-3-16-10-12-17(13-11-16)14-23(2)21(25)15-24-19-8-4-6-18-7-5-9-20(22(18)19)28(24,26)27/h4-13H,3,14-15H2,1-2H3. The van der Waals surface area contributed by atoms with E-state index in [0.29, 0.717) is 17.6 Å². The van der Waals surface area contributed by atoms with Crippen molar-refractivity contribution < 1.29 is 13.2 Å². The summed E-state index contributed by atoms with van der Waals surface area (Å²) in [6.07, 6.45) is 0.966. The molecule has 0 unspecified atom stereocenters. The summed E-state index contributed by atoms with van der Waals surface area (Å²) in [5.74, 6) is -0.243. The largest absolute Gasteiger partial charge is 0.340 e. The monoisotopic (exact) mass is 394 g/mol. The van der Waals surface area contributed by atoms with E-state index in [0.717, 1.165) is 17.4 Å². The van der Waals surface area contributed by atoms with Gasteiger partial charge in [-0.25, -0.2) is 8.42 Å². The SMILES string of the molecule is CCc1ccc(CN(C)C(=O)CN2c3cccc4cccc(c34)S2(=O)=O)cc1. The summed E-state index contributed by atoms with van der Waals surface area (Å²) in [5, 5.41) is 1.55. The number of anilines is 1. The van der Waals surface area contributed by atoms with Crippen LogP contribution in [-0.4, -0.2) is 32.8 Å². The van der Waals surface area contributed by atoms with E-state index >= 15 is 0 Å². The summed E-state index contributed by atoms with van der Waals surface area (Å²) in [7, 11) is -2.02. The third-order valence-electron chi connectivity index (χ3n) is 5.24. The number of carbonyl (C=O) groups is 1. The lowest BCUT2D eigenvalue weighted by atomic mass is 10.1. The van der Waals surface area contributed by atoms with E-state index in [1.165, 1.54) is 9.87 Å². The topological polar surface area (TPSA) is 57.7 Å². The first kappa shape index (κ1) is 18.5. The smallest absolute Gasteiger partial charge is 0.265 e. The summed E-state index contributed by atoms with van der Waals surface area (Å²) in [4.78, 5) is 14.6. The van der Waals surface area contributed by atoms with Crippen LogP contribution in [0.1, 0.15) is 18.1 Å². The van der Waals surface area contributed by atoms with Gasteiger partial charge in [-0.15, -0.1) is 0 Å². The number of benzene rings is 3. The summed E-state index contributed by atoms with van der Waals surface area (Å²) in [6, 6.07) is 18.8. The number of carbonyl (C=O) groups excluding carboxylic acids is 1. The first-order valence-electron chi connectivity index (χ1n) is 9.28. The fraction of sp³-hybridized carbons (Fsp3) is 0.227. The van der Waals surface area contributed by atoms with E-state index in [1.807, 2.05) is 30.3 Å². The van der Waals surface area contributed by atoms with Crippen LogP contribution in [-0.2, 0) is 27.8 Å². The highest BCUT2D eigenvalue weighted by atomic mass is 32.2. The fourth-order valence-corrected chi connectivity index (χ4v) is 5.27. The van der Waals surface area contributed by atoms with Crippen LogP contribution < -0.4 is 4.31 Å². The Kier molecular flexibility index (Phi) is 4.59. The molecule has 0 aromatic heterocycles. The van der Waals surface area contributed by atoms with Crippen molar-refractivity contribution in [3.05, 3.63) is 71.8 Å². The Bertz CT molecular complexity index is 1150. The Hall–Kier alpha value is -2.86. The first-order chi connectivity index (χ1) is 13.4. The Morgan fingerprint density at radius 2 is 1.61 bits per heavy atom. The number of amides is 1. The minimum Gasteiger partial charge on any atom is -0.340 e. The van der Waals surface area contributed by atoms with Gasteiger partial charge in [-0.3, -0.25) is 9.10 Å². The second kappa shape index (κ2) is 6.95. The molecule has 1 aliphatic rings. The molecule has 1 heterocycles. The van der Waals surface area contributed by atoms with Crippen molar-refractivity contribution in [2.75, 3.05) is 17.9 Å². The Labute approximate surface area is 165 Å². The summed E-state index contributed by atoms with van der Waals surface area (Å²) >= 11 is 0. The lowest BCUT2D eigenvalue weighted by Gasteiger charge is -2.23. The molecular weight excluding hydrogens is 372 g/mol. The van der Waals surface area contributed by atoms with E-state index in [-0.39, 0.29) is 17.3 Å². The van der Waals surface area contributed by atoms with Crippen molar-refractivity contribution in [2.45, 2.75) is 24.8 Å². The van der Waals surface area contributed by atoms with Gasteiger partial charge in [0.2, 0.25) is 5.91 Å². The molecule has 0 N–H and O–H groups in total. The van der Waals surface area contributed by atoms with Gasteiger partial charge in [0.25, 0.3) is 10.0 Å². The molecule has 28 heavy (non-hydrogen) atoms. The maximum Gasteiger partial charge on any atom is 0.265 e. The van der Waals surface area contributed by atoms with Gasteiger partial charge in [0.1, 0.15) is 6.54 Å². The van der Waals surface area contributed by atoms with Crippen molar-refractivity contribution in [3.8, 4) is 0 Å². The molecule has 4 rings (SSSR count). The van der Waals surface area contributed by atoms with Crippen molar-refractivity contribution >= 4 is 32.4 Å². The highest BCUT2D eigenvalue weighted by Gasteiger charge is 2.37. The minimum absolute atomic E-state index is 0.209. The Morgan fingerprint density at radius 3 is 2.29 bits per heavy atom. The molecule has 0 fully saturated rings. The van der Waals surface area contributed by atoms with Crippen LogP contribution in [0.5, 0.6) is 0 Å². The third kappa shape index (κ3) is 3.03. The van der Waals surface area contributed by atoms with Gasteiger partial charge in [0.15, 0.2) is 0 Å². The number of hydrogen-bond acceptors (Lipinski definition) is 3. The maximum absolute atomic E-state index is 13.0. The molecule has 3 aromatic carbocycles. The van der Waals surface area contributed by atoms with Gasteiger partial charge < -0.3 is 4.90 Å². The minimum atomic E-state index is -3.72. The van der Waals surface area contributed by atoms with Crippen LogP contribution in [0, 0.1) is 0 Å². The highest BCUT2D eigenvalue weighted by molar-refractivity contribution is 7.93. The number of aryl methyl sites for hydroxylation is 1. The maximum atomic E-state index is 13.0. The normalized spacial score (nSPS) is 14.4. The van der Waals surface area contributed by atoms with Crippen molar-refractivity contribution in [1.29, 1.82) is 0 Å². The van der Waals surface area contributed by atoms with Crippen molar-refractivity contribution in [1.82, 2.24) is 4.90 Å². The van der Waals surface area contributed by atoms with Gasteiger partial charge in [0.05, 0.1) is 10.6 Å². The van der Waals surface area contributed by atoms with Gasteiger partial charge in [0, 0.05) is 19.0 Å². The van der Waals surface area contributed by atoms with Gasteiger partial charge in [-0.2, -0.15) is 0 Å². The molecule has 0 spiro atoms. The molecule has 0 aliphatic carbocycles. The van der Waals surface area contributed by atoms with Crippen LogP contribution in [0.15, 0.2) is 65.6 Å². The number of sulfonamides is 1. The highest BCUT2D eigenvalue weighted by Crippen LogP contribution is 2.41. The van der Waals surface area contributed by atoms with Crippen molar-refractivity contribution in [3.63, 3.8) is 0 Å². The van der Waals surface area contributed by atoms with Crippen LogP contribution in [0.4, 0.5) is 5.69 Å². The van der Waals surface area contributed by atoms with E-state index in [2.05, 4.69) is 19.1 Å². The molecule has 1 amide bonds. The molecule has 0 radical (unpaired) electrons. The number of likely N-dealkylation sites (N-methyl/N-ethyl adjacent to an activating group) is 1. The van der Waals surface area contributed by atoms with Gasteiger partial charge >= 0.3 is 0 Å². The van der Waals surface area contributed by atoms with Gasteiger partial charge in [-0.05, 0) is 35.1 Å². The molecule has 0 saturated carbocycles. The molecule has 5 nitrogen and oxygen atoms in total. The Balaban J connectivity index is 1.57. The number of nitrogens with zero attached hydrogens (tertiary/aromatic N) is 2. The molecular formula is C22H22N2O3S. The van der Waals surface area contributed by atoms with Crippen LogP contribution in [0.3, 0.4) is 0 Å². The van der Waals surface area contributed by atoms with Crippen LogP contribution in [0.2, 0.25) is 0 Å². The predicted octanol–water partition coefficient (Wildman–Crippen LogP) is 3.57. The molecule has 0 saturated heterocycles. The fourth-order valence-electron chi connectivity index (χ4n) is 3.61. The molecule has 0 atom stereocenters. The quantitative estimate of drug-likeness (QED) is 0.665. The van der Waals surface area contributed by atoms with Gasteiger partial charge in [-0.1, -0.05) is 55.5 Å².